The van der Waals surface area contributed by atoms with E-state index in [-0.39, 0.29) is 68.2 Å². The van der Waals surface area contributed by atoms with E-state index >= 15 is 0 Å². The number of carbonyl (C=O) groups excluding carboxylic acids is 11. The molecule has 0 bridgehead atoms. The van der Waals surface area contributed by atoms with Gasteiger partial charge < -0.3 is 64.0 Å². The van der Waals surface area contributed by atoms with E-state index < -0.39 is 133 Å². The van der Waals surface area contributed by atoms with Gasteiger partial charge in [-0.3, -0.25) is 52.7 Å². The van der Waals surface area contributed by atoms with Crippen molar-refractivity contribution in [2.75, 3.05) is 31.6 Å². The number of carbonyl (C=O) groups is 11. The second-order valence-corrected chi connectivity index (χ2v) is 19.0. The molecule has 24 heteroatoms. The number of hydrogen-bond donors (Lipinski definition) is 10. The maximum absolute atomic E-state index is 14.5. The predicted molar refractivity (Wildman–Crippen MR) is 253 cm³/mol. The number of primary amides is 3. The summed E-state index contributed by atoms with van der Waals surface area (Å²) >= 11 is 1.18. The fourth-order valence-electron chi connectivity index (χ4n) is 7.81. The number of likely N-dealkylation sites (tertiary alicyclic amines) is 1. The Morgan fingerprint density at radius 1 is 0.841 bits per heavy atom. The maximum Gasteiger partial charge on any atom is 0.246 e. The average Bonchev–Trinajstić information content (AvgIpc) is 3.79. The maximum atomic E-state index is 14.5. The minimum atomic E-state index is -1.72. The average molecular weight is 988 g/mol. The van der Waals surface area contributed by atoms with Gasteiger partial charge >= 0.3 is 0 Å². The molecule has 23 nitrogen and oxygen atoms in total. The smallest absolute Gasteiger partial charge is 0.246 e. The summed E-state index contributed by atoms with van der Waals surface area (Å²) in [6, 6.07) is -3.25. The lowest BCUT2D eigenvalue weighted by Gasteiger charge is -2.32. The molecule has 0 saturated carbocycles. The number of nitrogens with two attached hydrogens (primary N) is 3. The van der Waals surface area contributed by atoms with Crippen LogP contribution in [-0.4, -0.2) is 154 Å². The number of hydrogen-bond acceptors (Lipinski definition) is 13. The van der Waals surface area contributed by atoms with Gasteiger partial charge in [0.05, 0.1) is 13.0 Å². The third-order valence-corrected chi connectivity index (χ3v) is 13.0. The predicted octanol–water partition coefficient (Wildman–Crippen LogP) is -2.46. The number of amides is 11. The van der Waals surface area contributed by atoms with E-state index in [4.69, 9.17) is 17.2 Å². The van der Waals surface area contributed by atoms with Crippen molar-refractivity contribution in [3.8, 4) is 5.75 Å². The molecule has 1 aromatic rings. The molecule has 2 aliphatic heterocycles. The molecule has 11 amide bonds. The van der Waals surface area contributed by atoms with Crippen LogP contribution in [0.15, 0.2) is 24.3 Å². The van der Waals surface area contributed by atoms with Crippen LogP contribution in [0, 0.1) is 11.8 Å². The van der Waals surface area contributed by atoms with Gasteiger partial charge in [-0.15, -0.1) is 0 Å². The quantitative estimate of drug-likeness (QED) is 0.0776. The van der Waals surface area contributed by atoms with Crippen molar-refractivity contribution in [3.05, 3.63) is 29.8 Å². The molecule has 382 valence electrons. The Labute approximate surface area is 405 Å². The van der Waals surface area contributed by atoms with Gasteiger partial charge in [0.2, 0.25) is 65.0 Å². The summed E-state index contributed by atoms with van der Waals surface area (Å²) in [7, 11) is 1.45. The highest BCUT2D eigenvalue weighted by atomic mass is 32.2. The molecule has 3 rings (SSSR count). The molecular weight excluding hydrogens is 919 g/mol. The number of rotatable bonds is 17. The number of phenolic OH excluding ortho intramolecular Hbond substituents is 1. The fraction of sp³-hybridized carbons (Fsp3) is 0.622. The van der Waals surface area contributed by atoms with Gasteiger partial charge in [0.25, 0.3) is 0 Å². The zero-order chi connectivity index (χ0) is 51.5. The van der Waals surface area contributed by atoms with Crippen LogP contribution < -0.4 is 49.1 Å². The normalized spacial score (nSPS) is 23.4. The highest BCUT2D eigenvalue weighted by molar-refractivity contribution is 7.99. The lowest BCUT2D eigenvalue weighted by Crippen LogP contribution is -2.61. The number of phenols is 1. The van der Waals surface area contributed by atoms with E-state index in [0.29, 0.717) is 18.4 Å². The molecule has 0 radical (unpaired) electrons. The number of nitrogens with one attached hydrogen (secondary N) is 6. The van der Waals surface area contributed by atoms with E-state index in [0.717, 1.165) is 0 Å². The van der Waals surface area contributed by atoms with E-state index in [1.54, 1.807) is 26.0 Å². The molecule has 2 aliphatic rings. The molecule has 0 aromatic heterocycles. The Morgan fingerprint density at radius 3 is 2.10 bits per heavy atom. The molecule has 2 heterocycles. The molecule has 8 atom stereocenters. The molecule has 2 fully saturated rings. The number of thioether (sulfide) groups is 1. The van der Waals surface area contributed by atoms with Crippen LogP contribution in [0.25, 0.3) is 0 Å². The lowest BCUT2D eigenvalue weighted by molar-refractivity contribution is -0.142. The van der Waals surface area contributed by atoms with Gasteiger partial charge in [-0.05, 0) is 67.4 Å². The van der Waals surface area contributed by atoms with Crippen molar-refractivity contribution in [3.63, 3.8) is 0 Å². The zero-order valence-electron chi connectivity index (χ0n) is 39.9. The lowest BCUT2D eigenvalue weighted by atomic mass is 9.96. The van der Waals surface area contributed by atoms with E-state index in [1.807, 2.05) is 13.8 Å². The van der Waals surface area contributed by atoms with Crippen LogP contribution in [0.5, 0.6) is 5.75 Å². The van der Waals surface area contributed by atoms with Crippen molar-refractivity contribution in [1.29, 1.82) is 0 Å². The van der Waals surface area contributed by atoms with Crippen LogP contribution in [-0.2, 0) is 59.2 Å². The SMILES string of the molecule is CC[C@H](C)[C@@H]1NC(=O)[C@H](Cc2ccc(O)cc2)N(C)C(=O)CCCSC[C@H](C(=O)N2CCC[C@H]2C(=O)N[C@@H](CC(C)C)C(=O)NCC(N)=O)NC(=O)[C@H](CC(N)=O)NC(=O)[C@H](CCC(N)=O)NC1=O. The van der Waals surface area contributed by atoms with Gasteiger partial charge in [0, 0.05) is 38.6 Å². The summed E-state index contributed by atoms with van der Waals surface area (Å²) in [4.78, 5) is 150. The minimum Gasteiger partial charge on any atom is -0.508 e. The molecule has 13 N–H and O–H groups in total. The first-order chi connectivity index (χ1) is 32.5. The second-order valence-electron chi connectivity index (χ2n) is 17.9. The van der Waals surface area contributed by atoms with Crippen LogP contribution in [0.1, 0.15) is 91.0 Å². The Morgan fingerprint density at radius 2 is 1.49 bits per heavy atom. The van der Waals surface area contributed by atoms with Crippen LogP contribution >= 0.6 is 11.8 Å². The summed E-state index contributed by atoms with van der Waals surface area (Å²) in [6.45, 7) is 6.72. The van der Waals surface area contributed by atoms with Crippen molar-refractivity contribution >= 4 is 76.7 Å². The minimum absolute atomic E-state index is 0.0112. The first-order valence-corrected chi connectivity index (χ1v) is 24.2. The number of likely N-dealkylation sites (N-methyl/N-ethyl adjacent to an activating group) is 1. The summed E-state index contributed by atoms with van der Waals surface area (Å²) in [5.41, 5.74) is 16.7. The molecule has 69 heavy (non-hydrogen) atoms. The van der Waals surface area contributed by atoms with Crippen LogP contribution in [0.2, 0.25) is 0 Å². The molecule has 0 unspecified atom stereocenters. The Bertz CT molecular complexity index is 2040. The molecule has 0 spiro atoms. The van der Waals surface area contributed by atoms with Gasteiger partial charge in [-0.1, -0.05) is 46.2 Å². The summed E-state index contributed by atoms with van der Waals surface area (Å²) in [6.07, 6.45) is -0.264. The van der Waals surface area contributed by atoms with Gasteiger partial charge in [-0.2, -0.15) is 11.8 Å². The highest BCUT2D eigenvalue weighted by Crippen LogP contribution is 2.22. The fourth-order valence-corrected chi connectivity index (χ4v) is 8.78. The van der Waals surface area contributed by atoms with E-state index in [2.05, 4.69) is 31.9 Å². The largest absolute Gasteiger partial charge is 0.508 e. The Hall–Kier alpha value is -6.46. The number of benzene rings is 1. The number of nitrogens with zero attached hydrogens (tertiary/aromatic N) is 2. The standard InChI is InChI=1S/C45H69N11O12S/c1-6-25(4)38-44(67)50-28(15-16-34(46)58)40(63)51-30(21-35(47)59)41(64)53-31(23-69-18-8-10-37(61)55(5)33(43(66)54-38)20-26-11-13-27(57)14-12-26)45(68)56-17-7-9-32(56)42(65)52-29(19-24(2)3)39(62)49-22-36(48)60/h11-14,24-25,28-33,38,57H,6-10,15-23H2,1-5H3,(H2,46,58)(H2,47,59)(H2,48,60)(H,49,62)(H,50,67)(H,51,63)(H,52,65)(H,53,64)(H,54,66)/t25-,28-,29-,30-,31+,32-,33-,38-/m0/s1. The third kappa shape index (κ3) is 18.2. The topological polar surface area (TPSA) is 365 Å². The van der Waals surface area contributed by atoms with E-state index in [9.17, 15) is 57.8 Å². The summed E-state index contributed by atoms with van der Waals surface area (Å²) in [5.74, 6) is -9.21. The Balaban J connectivity index is 2.05. The Kier molecular flexibility index (Phi) is 22.7. The zero-order valence-corrected chi connectivity index (χ0v) is 40.7. The molecule has 0 aliphatic carbocycles. The molecule has 2 saturated heterocycles. The summed E-state index contributed by atoms with van der Waals surface area (Å²) in [5, 5.41) is 25.3. The number of aromatic hydroxyl groups is 1. The van der Waals surface area contributed by atoms with Crippen LogP contribution in [0.3, 0.4) is 0 Å². The van der Waals surface area contributed by atoms with Crippen molar-refractivity contribution in [2.45, 2.75) is 134 Å². The first-order valence-electron chi connectivity index (χ1n) is 23.1. The van der Waals surface area contributed by atoms with Crippen molar-refractivity contribution in [1.82, 2.24) is 41.7 Å². The summed E-state index contributed by atoms with van der Waals surface area (Å²) < 4.78 is 0. The van der Waals surface area contributed by atoms with Gasteiger partial charge in [0.15, 0.2) is 0 Å². The van der Waals surface area contributed by atoms with Crippen molar-refractivity contribution in [2.24, 2.45) is 29.0 Å². The van der Waals surface area contributed by atoms with Crippen LogP contribution in [0.4, 0.5) is 0 Å². The molecule has 1 aromatic carbocycles. The van der Waals surface area contributed by atoms with Gasteiger partial charge in [-0.25, -0.2) is 0 Å². The third-order valence-electron chi connectivity index (χ3n) is 11.9. The van der Waals surface area contributed by atoms with E-state index in [1.165, 1.54) is 40.7 Å². The molecular formula is C45H69N11O12S. The first kappa shape index (κ1) is 56.9. The van der Waals surface area contributed by atoms with Crippen molar-refractivity contribution < 1.29 is 57.8 Å². The monoisotopic (exact) mass is 987 g/mol. The van der Waals surface area contributed by atoms with Gasteiger partial charge in [0.1, 0.15) is 48.0 Å². The second kappa shape index (κ2) is 27.5. The highest BCUT2D eigenvalue weighted by Gasteiger charge is 2.41.